The fourth-order valence-electron chi connectivity index (χ4n) is 2.07. The van der Waals surface area contributed by atoms with E-state index < -0.39 is 0 Å². The minimum Gasteiger partial charge on any atom is -0.310 e. The summed E-state index contributed by atoms with van der Waals surface area (Å²) in [4.78, 5) is 8.47. The van der Waals surface area contributed by atoms with Crippen LogP contribution in [0.1, 0.15) is 29.9 Å². The van der Waals surface area contributed by atoms with Crippen molar-refractivity contribution in [2.24, 2.45) is 0 Å². The molecule has 0 saturated heterocycles. The largest absolute Gasteiger partial charge is 0.310 e. The first-order chi connectivity index (χ1) is 8.79. The molecule has 1 heterocycles. The Bertz CT molecular complexity index is 482. The van der Waals surface area contributed by atoms with E-state index in [-0.39, 0.29) is 0 Å². The van der Waals surface area contributed by atoms with Gasteiger partial charge in [0, 0.05) is 23.9 Å². The number of likely N-dealkylation sites (N-methyl/N-ethyl adjacent to an activating group) is 1. The first kappa shape index (κ1) is 12.7. The van der Waals surface area contributed by atoms with Crippen molar-refractivity contribution >= 4 is 0 Å². The summed E-state index contributed by atoms with van der Waals surface area (Å²) in [5.74, 6) is 0. The zero-order valence-corrected chi connectivity index (χ0v) is 10.9. The third-order valence-electron chi connectivity index (χ3n) is 2.93. The minimum atomic E-state index is 0.311. The van der Waals surface area contributed by atoms with Gasteiger partial charge in [0.15, 0.2) is 0 Å². The Balaban J connectivity index is 2.16. The molecule has 0 radical (unpaired) electrons. The first-order valence-electron chi connectivity index (χ1n) is 6.35. The van der Waals surface area contributed by atoms with E-state index in [1.807, 2.05) is 19.1 Å². The maximum Gasteiger partial charge on any atom is 0.115 e. The van der Waals surface area contributed by atoms with Crippen LogP contribution in [0.3, 0.4) is 0 Å². The highest BCUT2D eigenvalue weighted by Gasteiger charge is 2.11. The van der Waals surface area contributed by atoms with Gasteiger partial charge in [-0.1, -0.05) is 37.3 Å². The third-order valence-corrected chi connectivity index (χ3v) is 2.93. The second-order valence-electron chi connectivity index (χ2n) is 4.38. The van der Waals surface area contributed by atoms with Crippen LogP contribution in [0.4, 0.5) is 0 Å². The molecule has 0 aliphatic rings. The molecule has 0 bridgehead atoms. The van der Waals surface area contributed by atoms with Gasteiger partial charge in [0.1, 0.15) is 6.33 Å². The summed E-state index contributed by atoms with van der Waals surface area (Å²) in [6.07, 6.45) is 2.53. The smallest absolute Gasteiger partial charge is 0.115 e. The molecule has 2 aromatic rings. The van der Waals surface area contributed by atoms with E-state index in [9.17, 15) is 0 Å². The Kier molecular flexibility index (Phi) is 4.42. The molecule has 3 nitrogen and oxygen atoms in total. The molecule has 0 fully saturated rings. The summed E-state index contributed by atoms with van der Waals surface area (Å²) in [5, 5.41) is 3.51. The molecule has 1 aromatic heterocycles. The van der Waals surface area contributed by atoms with E-state index in [0.29, 0.717) is 6.04 Å². The second-order valence-corrected chi connectivity index (χ2v) is 4.38. The maximum atomic E-state index is 4.34. The van der Waals surface area contributed by atoms with Gasteiger partial charge in [-0.15, -0.1) is 0 Å². The molecule has 1 aromatic carbocycles. The monoisotopic (exact) mass is 241 g/mol. The standard InChI is InChI=1S/C15H19N3/c1-3-16-15(13-7-5-4-6-8-13)10-14-9-12(2)17-11-18-14/h4-9,11,15-16H,3,10H2,1-2H3. The van der Waals surface area contributed by atoms with Crippen LogP contribution in [0.25, 0.3) is 0 Å². The van der Waals surface area contributed by atoms with Crippen LogP contribution in [0.15, 0.2) is 42.7 Å². The van der Waals surface area contributed by atoms with Crippen molar-refractivity contribution in [3.05, 3.63) is 59.7 Å². The van der Waals surface area contributed by atoms with Crippen molar-refractivity contribution in [3.63, 3.8) is 0 Å². The van der Waals surface area contributed by atoms with Gasteiger partial charge in [-0.25, -0.2) is 9.97 Å². The van der Waals surface area contributed by atoms with Gasteiger partial charge in [0.25, 0.3) is 0 Å². The second kappa shape index (κ2) is 6.26. The number of rotatable bonds is 5. The molecule has 0 amide bonds. The Labute approximate surface area is 108 Å². The van der Waals surface area contributed by atoms with Gasteiger partial charge in [-0.2, -0.15) is 0 Å². The number of nitrogens with one attached hydrogen (secondary N) is 1. The molecule has 3 heteroatoms. The van der Waals surface area contributed by atoms with E-state index >= 15 is 0 Å². The average Bonchev–Trinajstić information content (AvgIpc) is 2.39. The van der Waals surface area contributed by atoms with Crippen molar-refractivity contribution < 1.29 is 0 Å². The van der Waals surface area contributed by atoms with Crippen LogP contribution in [0.5, 0.6) is 0 Å². The van der Waals surface area contributed by atoms with Crippen molar-refractivity contribution in [2.75, 3.05) is 6.54 Å². The van der Waals surface area contributed by atoms with Crippen LogP contribution >= 0.6 is 0 Å². The Morgan fingerprint density at radius 1 is 1.17 bits per heavy atom. The van der Waals surface area contributed by atoms with E-state index in [4.69, 9.17) is 0 Å². The van der Waals surface area contributed by atoms with Gasteiger partial charge in [-0.05, 0) is 25.1 Å². The lowest BCUT2D eigenvalue weighted by Gasteiger charge is -2.18. The van der Waals surface area contributed by atoms with Gasteiger partial charge in [0.05, 0.1) is 0 Å². The number of hydrogen-bond donors (Lipinski definition) is 1. The zero-order valence-electron chi connectivity index (χ0n) is 10.9. The van der Waals surface area contributed by atoms with Gasteiger partial charge in [-0.3, -0.25) is 0 Å². The lowest BCUT2D eigenvalue weighted by atomic mass is 10.0. The molecule has 2 rings (SSSR count). The quantitative estimate of drug-likeness (QED) is 0.874. The number of benzene rings is 1. The molecule has 0 aliphatic carbocycles. The average molecular weight is 241 g/mol. The van der Waals surface area contributed by atoms with E-state index in [1.165, 1.54) is 5.56 Å². The Morgan fingerprint density at radius 3 is 2.61 bits per heavy atom. The maximum absolute atomic E-state index is 4.34. The Hall–Kier alpha value is -1.74. The Morgan fingerprint density at radius 2 is 1.94 bits per heavy atom. The van der Waals surface area contributed by atoms with E-state index in [2.05, 4.69) is 46.5 Å². The van der Waals surface area contributed by atoms with E-state index in [1.54, 1.807) is 6.33 Å². The normalized spacial score (nSPS) is 12.3. The number of nitrogens with zero attached hydrogens (tertiary/aromatic N) is 2. The lowest BCUT2D eigenvalue weighted by molar-refractivity contribution is 0.543. The molecule has 0 saturated carbocycles. The topological polar surface area (TPSA) is 37.8 Å². The van der Waals surface area contributed by atoms with Gasteiger partial charge >= 0.3 is 0 Å². The molecular weight excluding hydrogens is 222 g/mol. The summed E-state index contributed by atoms with van der Waals surface area (Å²) < 4.78 is 0. The number of hydrogen-bond acceptors (Lipinski definition) is 3. The summed E-state index contributed by atoms with van der Waals surface area (Å²) in [6.45, 7) is 5.07. The van der Waals surface area contributed by atoms with Crippen LogP contribution in [-0.2, 0) is 6.42 Å². The highest BCUT2D eigenvalue weighted by Crippen LogP contribution is 2.17. The molecule has 0 spiro atoms. The van der Waals surface area contributed by atoms with E-state index in [0.717, 1.165) is 24.4 Å². The fourth-order valence-corrected chi connectivity index (χ4v) is 2.07. The van der Waals surface area contributed by atoms with Gasteiger partial charge in [0.2, 0.25) is 0 Å². The molecule has 1 N–H and O–H groups in total. The summed E-state index contributed by atoms with van der Waals surface area (Å²) >= 11 is 0. The van der Waals surface area contributed by atoms with Crippen molar-refractivity contribution in [1.82, 2.24) is 15.3 Å². The molecule has 94 valence electrons. The minimum absolute atomic E-state index is 0.311. The summed E-state index contributed by atoms with van der Waals surface area (Å²) in [5.41, 5.74) is 3.40. The molecule has 1 unspecified atom stereocenters. The lowest BCUT2D eigenvalue weighted by Crippen LogP contribution is -2.23. The zero-order chi connectivity index (χ0) is 12.8. The molecule has 1 atom stereocenters. The highest BCUT2D eigenvalue weighted by atomic mass is 14.9. The predicted molar refractivity (Wildman–Crippen MR) is 73.3 cm³/mol. The van der Waals surface area contributed by atoms with Crippen LogP contribution in [-0.4, -0.2) is 16.5 Å². The molecular formula is C15H19N3. The third kappa shape index (κ3) is 3.37. The highest BCUT2D eigenvalue weighted by molar-refractivity contribution is 5.21. The molecule has 18 heavy (non-hydrogen) atoms. The van der Waals surface area contributed by atoms with Crippen LogP contribution < -0.4 is 5.32 Å². The molecule has 0 aliphatic heterocycles. The van der Waals surface area contributed by atoms with Crippen LogP contribution in [0.2, 0.25) is 0 Å². The first-order valence-corrected chi connectivity index (χ1v) is 6.35. The summed E-state index contributed by atoms with van der Waals surface area (Å²) in [6, 6.07) is 12.9. The van der Waals surface area contributed by atoms with Crippen molar-refractivity contribution in [1.29, 1.82) is 0 Å². The fraction of sp³-hybridized carbons (Fsp3) is 0.333. The van der Waals surface area contributed by atoms with Crippen molar-refractivity contribution in [3.8, 4) is 0 Å². The predicted octanol–water partition coefficient (Wildman–Crippen LogP) is 2.68. The van der Waals surface area contributed by atoms with Crippen molar-refractivity contribution in [2.45, 2.75) is 26.3 Å². The SMILES string of the molecule is CCNC(Cc1cc(C)ncn1)c1ccccc1. The van der Waals surface area contributed by atoms with Gasteiger partial charge < -0.3 is 5.32 Å². The summed E-state index contributed by atoms with van der Waals surface area (Å²) in [7, 11) is 0. The van der Waals surface area contributed by atoms with Crippen LogP contribution in [0, 0.1) is 6.92 Å². The number of aromatic nitrogens is 2. The number of aryl methyl sites for hydroxylation is 1.